The van der Waals surface area contributed by atoms with Gasteiger partial charge in [0.2, 0.25) is 21.6 Å². The van der Waals surface area contributed by atoms with E-state index in [-0.39, 0.29) is 28.0 Å². The van der Waals surface area contributed by atoms with Crippen molar-refractivity contribution in [2.45, 2.75) is 52.0 Å². The smallest absolute Gasteiger partial charge is 0.249 e. The Morgan fingerprint density at radius 1 is 0.862 bits per heavy atom. The molecule has 156 valence electrons. The van der Waals surface area contributed by atoms with E-state index in [4.69, 9.17) is 0 Å². The lowest BCUT2D eigenvalue weighted by atomic mass is 9.90. The maximum atomic E-state index is 13.7. The molecule has 29 heavy (non-hydrogen) atoms. The van der Waals surface area contributed by atoms with Crippen LogP contribution in [0.5, 0.6) is 0 Å². The highest BCUT2D eigenvalue weighted by molar-refractivity contribution is 7.94. The third-order valence-electron chi connectivity index (χ3n) is 6.46. The van der Waals surface area contributed by atoms with Crippen molar-refractivity contribution in [3.63, 3.8) is 0 Å². The van der Waals surface area contributed by atoms with E-state index in [0.717, 1.165) is 32.1 Å². The number of carbonyl (C=O) groups excluding carboxylic acids is 2. The number of benzene rings is 1. The SMILES string of the molecule is CC1CCN(C2=C(S(=O)(=O)N3CCCCC3C)C(=O)c3ccccc3C2=O)CC1. The molecular weight excluding hydrogens is 388 g/mol. The molecule has 2 saturated heterocycles. The molecule has 6 nitrogen and oxygen atoms in total. The summed E-state index contributed by atoms with van der Waals surface area (Å²) in [5.74, 6) is -0.375. The van der Waals surface area contributed by atoms with Crippen LogP contribution < -0.4 is 0 Å². The molecule has 1 aliphatic carbocycles. The highest BCUT2D eigenvalue weighted by Gasteiger charge is 2.45. The summed E-state index contributed by atoms with van der Waals surface area (Å²) in [6.07, 6.45) is 4.26. The lowest BCUT2D eigenvalue weighted by molar-refractivity contribution is 0.0931. The van der Waals surface area contributed by atoms with E-state index in [1.807, 2.05) is 11.8 Å². The fourth-order valence-corrected chi connectivity index (χ4v) is 6.64. The Morgan fingerprint density at radius 2 is 1.48 bits per heavy atom. The molecule has 0 bridgehead atoms. The summed E-state index contributed by atoms with van der Waals surface area (Å²) in [5, 5.41) is 0. The number of fused-ring (bicyclic) bond motifs is 1. The molecule has 0 amide bonds. The predicted octanol–water partition coefficient (Wildman–Crippen LogP) is 3.21. The summed E-state index contributed by atoms with van der Waals surface area (Å²) in [4.78, 5) is 28.4. The Labute approximate surface area is 172 Å². The summed E-state index contributed by atoms with van der Waals surface area (Å²) in [5.41, 5.74) is 0.574. The van der Waals surface area contributed by atoms with Crippen LogP contribution in [0.3, 0.4) is 0 Å². The van der Waals surface area contributed by atoms with Gasteiger partial charge in [-0.05, 0) is 38.5 Å². The normalized spacial score (nSPS) is 24.8. The van der Waals surface area contributed by atoms with Gasteiger partial charge in [-0.1, -0.05) is 37.6 Å². The minimum atomic E-state index is -4.07. The fourth-order valence-electron chi connectivity index (χ4n) is 4.64. The second kappa shape index (κ2) is 7.69. The van der Waals surface area contributed by atoms with Gasteiger partial charge in [-0.3, -0.25) is 9.59 Å². The molecule has 0 aromatic heterocycles. The number of likely N-dealkylation sites (tertiary alicyclic amines) is 1. The molecule has 0 saturated carbocycles. The minimum absolute atomic E-state index is 0.0818. The summed E-state index contributed by atoms with van der Waals surface area (Å²) in [7, 11) is -4.07. The molecule has 2 aliphatic heterocycles. The Balaban J connectivity index is 1.88. The van der Waals surface area contributed by atoms with Crippen molar-refractivity contribution >= 4 is 21.6 Å². The number of sulfonamides is 1. The first-order valence-corrected chi connectivity index (χ1v) is 12.0. The van der Waals surface area contributed by atoms with E-state index in [2.05, 4.69) is 6.92 Å². The number of Topliss-reactive ketones (excluding diaryl/α,β-unsaturated/α-hetero) is 2. The first-order valence-electron chi connectivity index (χ1n) is 10.5. The van der Waals surface area contributed by atoms with Crippen LogP contribution in [0.25, 0.3) is 0 Å². The van der Waals surface area contributed by atoms with E-state index in [1.165, 1.54) is 4.31 Å². The minimum Gasteiger partial charge on any atom is -0.367 e. The molecule has 1 aromatic rings. The van der Waals surface area contributed by atoms with Gasteiger partial charge in [-0.2, -0.15) is 4.31 Å². The second-order valence-corrected chi connectivity index (χ2v) is 10.3. The second-order valence-electron chi connectivity index (χ2n) is 8.51. The van der Waals surface area contributed by atoms with Crippen LogP contribution in [0.15, 0.2) is 34.9 Å². The number of rotatable bonds is 3. The number of nitrogens with zero attached hydrogens (tertiary/aromatic N) is 2. The van der Waals surface area contributed by atoms with Crippen molar-refractivity contribution < 1.29 is 18.0 Å². The van der Waals surface area contributed by atoms with Crippen molar-refractivity contribution in [2.75, 3.05) is 19.6 Å². The molecule has 2 heterocycles. The third-order valence-corrected chi connectivity index (χ3v) is 8.52. The Morgan fingerprint density at radius 3 is 2.10 bits per heavy atom. The van der Waals surface area contributed by atoms with Gasteiger partial charge in [-0.15, -0.1) is 0 Å². The molecule has 0 spiro atoms. The first-order chi connectivity index (χ1) is 13.8. The number of carbonyl (C=O) groups is 2. The van der Waals surface area contributed by atoms with Crippen molar-refractivity contribution in [3.05, 3.63) is 46.0 Å². The number of allylic oxidation sites excluding steroid dienone is 2. The number of piperidine rings is 2. The van der Waals surface area contributed by atoms with Crippen LogP contribution in [-0.2, 0) is 10.0 Å². The van der Waals surface area contributed by atoms with Crippen LogP contribution in [-0.4, -0.2) is 54.9 Å². The summed E-state index contributed by atoms with van der Waals surface area (Å²) < 4.78 is 28.8. The summed E-state index contributed by atoms with van der Waals surface area (Å²) in [6.45, 7) is 5.60. The van der Waals surface area contributed by atoms with E-state index in [0.29, 0.717) is 31.1 Å². The Kier molecular flexibility index (Phi) is 5.38. The van der Waals surface area contributed by atoms with Gasteiger partial charge in [0.15, 0.2) is 4.91 Å². The van der Waals surface area contributed by atoms with Crippen LogP contribution in [0.1, 0.15) is 66.7 Å². The van der Waals surface area contributed by atoms with Gasteiger partial charge < -0.3 is 4.90 Å². The van der Waals surface area contributed by atoms with Gasteiger partial charge in [0.25, 0.3) is 0 Å². The van der Waals surface area contributed by atoms with Gasteiger partial charge in [-0.25, -0.2) is 8.42 Å². The molecule has 3 aliphatic rings. The lowest BCUT2D eigenvalue weighted by Crippen LogP contribution is -2.47. The van der Waals surface area contributed by atoms with Gasteiger partial charge in [0.05, 0.1) is 0 Å². The maximum absolute atomic E-state index is 13.7. The van der Waals surface area contributed by atoms with Crippen molar-refractivity contribution in [3.8, 4) is 0 Å². The largest absolute Gasteiger partial charge is 0.367 e. The third kappa shape index (κ3) is 3.44. The quantitative estimate of drug-likeness (QED) is 0.756. The zero-order chi connectivity index (χ0) is 20.8. The van der Waals surface area contributed by atoms with E-state index < -0.39 is 15.8 Å². The summed E-state index contributed by atoms with van der Waals surface area (Å²) in [6, 6.07) is 6.38. The highest BCUT2D eigenvalue weighted by atomic mass is 32.2. The lowest BCUT2D eigenvalue weighted by Gasteiger charge is -2.38. The molecule has 0 N–H and O–H groups in total. The number of hydrogen-bond donors (Lipinski definition) is 0. The molecular formula is C22H28N2O4S. The Bertz CT molecular complexity index is 974. The topological polar surface area (TPSA) is 74.8 Å². The molecule has 0 radical (unpaired) electrons. The standard InChI is InChI=1S/C22H28N2O4S/c1-15-10-13-23(14-11-15)19-20(25)17-8-3-4-9-18(17)21(26)22(19)29(27,28)24-12-6-5-7-16(24)2/h3-4,8-9,15-16H,5-7,10-14H2,1-2H3. The predicted molar refractivity (Wildman–Crippen MR) is 111 cm³/mol. The van der Waals surface area contributed by atoms with Crippen molar-refractivity contribution in [2.24, 2.45) is 5.92 Å². The zero-order valence-electron chi connectivity index (χ0n) is 17.1. The molecule has 1 aromatic carbocycles. The van der Waals surface area contributed by atoms with Crippen LogP contribution >= 0.6 is 0 Å². The molecule has 2 fully saturated rings. The molecule has 1 unspecified atom stereocenters. The molecule has 4 rings (SSSR count). The van der Waals surface area contributed by atoms with E-state index in [1.54, 1.807) is 24.3 Å². The van der Waals surface area contributed by atoms with Gasteiger partial charge in [0.1, 0.15) is 5.70 Å². The molecule has 7 heteroatoms. The van der Waals surface area contributed by atoms with Crippen molar-refractivity contribution in [1.82, 2.24) is 9.21 Å². The van der Waals surface area contributed by atoms with Crippen LogP contribution in [0.2, 0.25) is 0 Å². The van der Waals surface area contributed by atoms with Crippen molar-refractivity contribution in [1.29, 1.82) is 0 Å². The average Bonchev–Trinajstić information content (AvgIpc) is 2.71. The maximum Gasteiger partial charge on any atom is 0.249 e. The highest BCUT2D eigenvalue weighted by Crippen LogP contribution is 2.36. The number of ketones is 2. The monoisotopic (exact) mass is 416 g/mol. The number of hydrogen-bond acceptors (Lipinski definition) is 5. The molecule has 1 atom stereocenters. The van der Waals surface area contributed by atoms with Gasteiger partial charge in [0, 0.05) is 36.8 Å². The van der Waals surface area contributed by atoms with E-state index >= 15 is 0 Å². The Hall–Kier alpha value is -1.99. The average molecular weight is 417 g/mol. The van der Waals surface area contributed by atoms with E-state index in [9.17, 15) is 18.0 Å². The van der Waals surface area contributed by atoms with Crippen LogP contribution in [0.4, 0.5) is 0 Å². The fraction of sp³-hybridized carbons (Fsp3) is 0.545. The van der Waals surface area contributed by atoms with Gasteiger partial charge >= 0.3 is 0 Å². The first kappa shape index (κ1) is 20.3. The van der Waals surface area contributed by atoms with Crippen LogP contribution in [0, 0.1) is 5.92 Å². The summed E-state index contributed by atoms with van der Waals surface area (Å²) >= 11 is 0. The zero-order valence-corrected chi connectivity index (χ0v) is 17.9.